The van der Waals surface area contributed by atoms with Gasteiger partial charge >= 0.3 is 0 Å². The summed E-state index contributed by atoms with van der Waals surface area (Å²) in [5.41, 5.74) is 8.72. The van der Waals surface area contributed by atoms with E-state index >= 15 is 0 Å². The summed E-state index contributed by atoms with van der Waals surface area (Å²) in [7, 11) is 0. The molecule has 3 N–H and O–H groups in total. The number of amides is 1. The molecule has 1 amide bonds. The number of carbonyl (C=O) groups excluding carboxylic acids is 1. The number of benzene rings is 1. The normalized spacial score (nSPS) is 15.0. The van der Waals surface area contributed by atoms with E-state index in [9.17, 15) is 4.79 Å². The van der Waals surface area contributed by atoms with Crippen LogP contribution in [0.25, 0.3) is 0 Å². The smallest absolute Gasteiger partial charge is 0.224 e. The van der Waals surface area contributed by atoms with Gasteiger partial charge in [-0.1, -0.05) is 6.07 Å². The highest BCUT2D eigenvalue weighted by Crippen LogP contribution is 2.31. The van der Waals surface area contributed by atoms with Crippen LogP contribution in [0.2, 0.25) is 0 Å². The van der Waals surface area contributed by atoms with Gasteiger partial charge in [0.1, 0.15) is 5.75 Å². The van der Waals surface area contributed by atoms with Gasteiger partial charge in [-0.2, -0.15) is 0 Å². The number of nitrogens with one attached hydrogen (secondary N) is 1. The van der Waals surface area contributed by atoms with Crippen molar-refractivity contribution in [3.05, 3.63) is 47.7 Å². The Hall–Kier alpha value is -2.40. The van der Waals surface area contributed by atoms with Gasteiger partial charge in [-0.05, 0) is 43.2 Å². The van der Waals surface area contributed by atoms with Crippen molar-refractivity contribution in [1.82, 2.24) is 4.98 Å². The van der Waals surface area contributed by atoms with Gasteiger partial charge in [0.15, 0.2) is 0 Å². The van der Waals surface area contributed by atoms with Crippen LogP contribution < -0.4 is 15.8 Å². The number of nitrogens with two attached hydrogens (primary N) is 1. The Bertz CT molecular complexity index is 683. The summed E-state index contributed by atoms with van der Waals surface area (Å²) in [6.45, 7) is 1.90. The Balaban J connectivity index is 1.88. The molecule has 5 heteroatoms. The molecular weight excluding hydrogens is 266 g/mol. The molecule has 1 aliphatic rings. The lowest BCUT2D eigenvalue weighted by molar-refractivity contribution is -0.116. The van der Waals surface area contributed by atoms with Crippen LogP contribution in [0, 0.1) is 0 Å². The first-order valence-corrected chi connectivity index (χ1v) is 6.94. The average Bonchev–Trinajstić information content (AvgIpc) is 2.48. The fourth-order valence-corrected chi connectivity index (χ4v) is 2.37. The summed E-state index contributed by atoms with van der Waals surface area (Å²) in [6.07, 6.45) is 2.91. The van der Waals surface area contributed by atoms with Gasteiger partial charge in [0.05, 0.1) is 0 Å². The molecule has 0 fully saturated rings. The van der Waals surface area contributed by atoms with E-state index in [2.05, 4.69) is 10.3 Å². The minimum atomic E-state index is -0.148. The fraction of sp³-hybridized carbons (Fsp3) is 0.250. The second kappa shape index (κ2) is 5.54. The Morgan fingerprint density at radius 2 is 2.19 bits per heavy atom. The zero-order valence-electron chi connectivity index (χ0n) is 11.8. The molecule has 1 aromatic carbocycles. The molecule has 1 atom stereocenters. The lowest BCUT2D eigenvalue weighted by atomic mass is 10.0. The predicted octanol–water partition coefficient (Wildman–Crippen LogP) is 2.78. The van der Waals surface area contributed by atoms with E-state index in [0.717, 1.165) is 23.2 Å². The van der Waals surface area contributed by atoms with Gasteiger partial charge in [-0.3, -0.25) is 4.79 Å². The molecule has 0 spiro atoms. The molecule has 108 valence electrons. The first-order valence-electron chi connectivity index (χ1n) is 6.94. The van der Waals surface area contributed by atoms with E-state index in [1.54, 1.807) is 6.20 Å². The van der Waals surface area contributed by atoms with Crippen LogP contribution in [0.15, 0.2) is 36.5 Å². The number of nitrogens with zero attached hydrogens (tertiary/aromatic N) is 1. The summed E-state index contributed by atoms with van der Waals surface area (Å²) >= 11 is 0. The number of anilines is 1. The molecule has 1 aromatic heterocycles. The van der Waals surface area contributed by atoms with Crippen molar-refractivity contribution in [2.24, 2.45) is 5.73 Å². The second-order valence-electron chi connectivity index (χ2n) is 5.16. The van der Waals surface area contributed by atoms with Crippen LogP contribution in [0.1, 0.15) is 30.5 Å². The monoisotopic (exact) mass is 283 g/mol. The van der Waals surface area contributed by atoms with Crippen LogP contribution in [-0.2, 0) is 11.2 Å². The van der Waals surface area contributed by atoms with E-state index in [-0.39, 0.29) is 11.9 Å². The molecular formula is C16H17N3O2. The summed E-state index contributed by atoms with van der Waals surface area (Å²) in [6, 6.07) is 9.22. The minimum absolute atomic E-state index is 0.0557. The van der Waals surface area contributed by atoms with E-state index in [1.807, 2.05) is 37.3 Å². The van der Waals surface area contributed by atoms with Crippen molar-refractivity contribution in [2.45, 2.75) is 25.8 Å². The quantitative estimate of drug-likeness (QED) is 0.908. The lowest BCUT2D eigenvalue weighted by Crippen LogP contribution is -2.18. The number of hydrogen-bond donors (Lipinski definition) is 2. The third-order valence-corrected chi connectivity index (χ3v) is 3.48. The first-order chi connectivity index (χ1) is 10.1. The number of carbonyl (C=O) groups is 1. The number of rotatable bonds is 3. The van der Waals surface area contributed by atoms with Crippen LogP contribution in [-0.4, -0.2) is 10.9 Å². The van der Waals surface area contributed by atoms with Crippen LogP contribution in [0.4, 0.5) is 5.69 Å². The zero-order valence-corrected chi connectivity index (χ0v) is 11.8. The molecule has 0 bridgehead atoms. The summed E-state index contributed by atoms with van der Waals surface area (Å²) in [5.74, 6) is 1.28. The molecule has 1 unspecified atom stereocenters. The fourth-order valence-electron chi connectivity index (χ4n) is 2.37. The predicted molar refractivity (Wildman–Crippen MR) is 80.3 cm³/mol. The number of pyridine rings is 1. The zero-order chi connectivity index (χ0) is 14.8. The Labute approximate surface area is 123 Å². The molecule has 0 saturated carbocycles. The average molecular weight is 283 g/mol. The SMILES string of the molecule is CC(N)c1cccnc1Oc1ccc2c(c1)CCC(=O)N2. The van der Waals surface area contributed by atoms with E-state index in [0.29, 0.717) is 18.1 Å². The Morgan fingerprint density at radius 1 is 1.33 bits per heavy atom. The highest BCUT2D eigenvalue weighted by Gasteiger charge is 2.16. The van der Waals surface area contributed by atoms with Gasteiger partial charge in [-0.15, -0.1) is 0 Å². The molecule has 2 aromatic rings. The third kappa shape index (κ3) is 2.87. The van der Waals surface area contributed by atoms with Gasteiger partial charge < -0.3 is 15.8 Å². The van der Waals surface area contributed by atoms with Crippen LogP contribution in [0.5, 0.6) is 11.6 Å². The van der Waals surface area contributed by atoms with Crippen LogP contribution >= 0.6 is 0 Å². The largest absolute Gasteiger partial charge is 0.439 e. The number of fused-ring (bicyclic) bond motifs is 1. The van der Waals surface area contributed by atoms with Crippen molar-refractivity contribution in [1.29, 1.82) is 0 Å². The minimum Gasteiger partial charge on any atom is -0.439 e. The van der Waals surface area contributed by atoms with Crippen molar-refractivity contribution in [2.75, 3.05) is 5.32 Å². The maximum absolute atomic E-state index is 11.4. The topological polar surface area (TPSA) is 77.2 Å². The van der Waals surface area contributed by atoms with Gasteiger partial charge in [0.2, 0.25) is 11.8 Å². The number of aromatic nitrogens is 1. The summed E-state index contributed by atoms with van der Waals surface area (Å²) in [5, 5.41) is 2.85. The van der Waals surface area contributed by atoms with Crippen molar-refractivity contribution in [3.8, 4) is 11.6 Å². The Kier molecular flexibility index (Phi) is 3.58. The first kappa shape index (κ1) is 13.6. The van der Waals surface area contributed by atoms with Crippen molar-refractivity contribution in [3.63, 3.8) is 0 Å². The molecule has 2 heterocycles. The molecule has 3 rings (SSSR count). The molecule has 0 radical (unpaired) electrons. The second-order valence-corrected chi connectivity index (χ2v) is 5.16. The van der Waals surface area contributed by atoms with E-state index in [1.165, 1.54) is 0 Å². The lowest BCUT2D eigenvalue weighted by Gasteiger charge is -2.18. The maximum atomic E-state index is 11.4. The number of ether oxygens (including phenoxy) is 1. The molecule has 0 saturated heterocycles. The molecule has 5 nitrogen and oxygen atoms in total. The standard InChI is InChI=1S/C16H17N3O2/c1-10(17)13-3-2-8-18-16(13)21-12-5-6-14-11(9-12)4-7-15(20)19-14/h2-3,5-6,8-10H,4,7,17H2,1H3,(H,19,20). The van der Waals surface area contributed by atoms with Crippen molar-refractivity contribution >= 4 is 11.6 Å². The van der Waals surface area contributed by atoms with E-state index in [4.69, 9.17) is 10.5 Å². The van der Waals surface area contributed by atoms with Gasteiger partial charge in [-0.25, -0.2) is 4.98 Å². The highest BCUT2D eigenvalue weighted by molar-refractivity contribution is 5.94. The molecule has 1 aliphatic heterocycles. The van der Waals surface area contributed by atoms with Gasteiger partial charge in [0, 0.05) is 29.9 Å². The number of aryl methyl sites for hydroxylation is 1. The number of hydrogen-bond acceptors (Lipinski definition) is 4. The maximum Gasteiger partial charge on any atom is 0.224 e. The van der Waals surface area contributed by atoms with Crippen molar-refractivity contribution < 1.29 is 9.53 Å². The van der Waals surface area contributed by atoms with Gasteiger partial charge in [0.25, 0.3) is 0 Å². The Morgan fingerprint density at radius 3 is 3.00 bits per heavy atom. The molecule has 21 heavy (non-hydrogen) atoms. The van der Waals surface area contributed by atoms with Crippen LogP contribution in [0.3, 0.4) is 0 Å². The summed E-state index contributed by atoms with van der Waals surface area (Å²) < 4.78 is 5.86. The summed E-state index contributed by atoms with van der Waals surface area (Å²) in [4.78, 5) is 15.6. The third-order valence-electron chi connectivity index (χ3n) is 3.48. The highest BCUT2D eigenvalue weighted by atomic mass is 16.5. The van der Waals surface area contributed by atoms with E-state index < -0.39 is 0 Å². The molecule has 0 aliphatic carbocycles.